The molecule has 2 aromatic rings. The quantitative estimate of drug-likeness (QED) is 0.676. The standard InChI is InChI=1S/C11H11N2/c1-10-3-5-11(6-4-10)9-13-8-2-7-12-13/h3-8H,9H2,1H3. The molecule has 1 aromatic carbocycles. The lowest BCUT2D eigenvalue weighted by Crippen LogP contribution is -1.99. The summed E-state index contributed by atoms with van der Waals surface area (Å²) in [7, 11) is 0. The first-order chi connectivity index (χ1) is 6.34. The number of hydrogen-bond donors (Lipinski definition) is 0. The van der Waals surface area contributed by atoms with Gasteiger partial charge in [0, 0.05) is 12.3 Å². The van der Waals surface area contributed by atoms with Gasteiger partial charge in [-0.25, -0.2) is 0 Å². The maximum Gasteiger partial charge on any atom is 0.0659 e. The highest BCUT2D eigenvalue weighted by Gasteiger charge is 1.93. The lowest BCUT2D eigenvalue weighted by Gasteiger charge is -2.01. The van der Waals surface area contributed by atoms with Crippen molar-refractivity contribution in [2.24, 2.45) is 0 Å². The Balaban J connectivity index is 2.15. The van der Waals surface area contributed by atoms with Crippen LogP contribution >= 0.6 is 0 Å². The number of nitrogens with zero attached hydrogens (tertiary/aromatic N) is 2. The van der Waals surface area contributed by atoms with Crippen molar-refractivity contribution in [1.82, 2.24) is 9.78 Å². The predicted octanol–water partition coefficient (Wildman–Crippen LogP) is 2.04. The molecule has 13 heavy (non-hydrogen) atoms. The van der Waals surface area contributed by atoms with Crippen molar-refractivity contribution in [3.63, 3.8) is 0 Å². The van der Waals surface area contributed by atoms with E-state index in [0.717, 1.165) is 6.54 Å². The van der Waals surface area contributed by atoms with E-state index in [4.69, 9.17) is 0 Å². The topological polar surface area (TPSA) is 17.8 Å². The van der Waals surface area contributed by atoms with E-state index >= 15 is 0 Å². The first-order valence-electron chi connectivity index (χ1n) is 4.28. The molecular weight excluding hydrogens is 160 g/mol. The second-order valence-corrected chi connectivity index (χ2v) is 3.12. The zero-order valence-corrected chi connectivity index (χ0v) is 7.57. The van der Waals surface area contributed by atoms with Gasteiger partial charge in [0.2, 0.25) is 0 Å². The molecule has 2 nitrogen and oxygen atoms in total. The zero-order valence-electron chi connectivity index (χ0n) is 7.57. The van der Waals surface area contributed by atoms with Crippen molar-refractivity contribution in [2.45, 2.75) is 13.5 Å². The van der Waals surface area contributed by atoms with Gasteiger partial charge < -0.3 is 0 Å². The number of hydrogen-bond acceptors (Lipinski definition) is 1. The highest BCUT2D eigenvalue weighted by atomic mass is 15.3. The SMILES string of the molecule is Cc1ccc(Cn2c[c]cn2)cc1. The molecule has 0 unspecified atom stereocenters. The summed E-state index contributed by atoms with van der Waals surface area (Å²) in [6.45, 7) is 2.91. The first-order valence-corrected chi connectivity index (χ1v) is 4.28. The zero-order chi connectivity index (χ0) is 9.10. The van der Waals surface area contributed by atoms with Crippen LogP contribution < -0.4 is 0 Å². The van der Waals surface area contributed by atoms with Crippen LogP contribution in [0.15, 0.2) is 36.7 Å². The average molecular weight is 171 g/mol. The van der Waals surface area contributed by atoms with Gasteiger partial charge in [-0.05, 0) is 12.5 Å². The van der Waals surface area contributed by atoms with E-state index in [-0.39, 0.29) is 0 Å². The van der Waals surface area contributed by atoms with E-state index < -0.39 is 0 Å². The van der Waals surface area contributed by atoms with Gasteiger partial charge in [0.1, 0.15) is 0 Å². The van der Waals surface area contributed by atoms with Crippen molar-refractivity contribution < 1.29 is 0 Å². The van der Waals surface area contributed by atoms with Gasteiger partial charge in [-0.2, -0.15) is 5.10 Å². The highest BCUT2D eigenvalue weighted by molar-refractivity contribution is 5.21. The van der Waals surface area contributed by atoms with E-state index in [9.17, 15) is 0 Å². The van der Waals surface area contributed by atoms with Crippen LogP contribution in [0.2, 0.25) is 0 Å². The summed E-state index contributed by atoms with van der Waals surface area (Å²) in [4.78, 5) is 0. The van der Waals surface area contributed by atoms with E-state index in [2.05, 4.69) is 42.4 Å². The Hall–Kier alpha value is -1.57. The number of benzene rings is 1. The highest BCUT2D eigenvalue weighted by Crippen LogP contribution is 2.04. The molecule has 0 saturated heterocycles. The molecule has 1 heterocycles. The van der Waals surface area contributed by atoms with Gasteiger partial charge in [-0.15, -0.1) is 0 Å². The van der Waals surface area contributed by atoms with Crippen LogP contribution in [0.1, 0.15) is 11.1 Å². The smallest absolute Gasteiger partial charge is 0.0659 e. The summed E-state index contributed by atoms with van der Waals surface area (Å²) in [5, 5.41) is 4.10. The summed E-state index contributed by atoms with van der Waals surface area (Å²) in [5.74, 6) is 0. The Morgan fingerprint density at radius 3 is 2.69 bits per heavy atom. The average Bonchev–Trinajstić information content (AvgIpc) is 2.62. The minimum atomic E-state index is 0.823. The van der Waals surface area contributed by atoms with Crippen molar-refractivity contribution in [3.05, 3.63) is 53.9 Å². The second-order valence-electron chi connectivity index (χ2n) is 3.12. The third-order valence-electron chi connectivity index (χ3n) is 1.97. The van der Waals surface area contributed by atoms with Gasteiger partial charge in [-0.1, -0.05) is 29.8 Å². The molecule has 2 heteroatoms. The van der Waals surface area contributed by atoms with Crippen molar-refractivity contribution in [1.29, 1.82) is 0 Å². The first kappa shape index (κ1) is 8.05. The van der Waals surface area contributed by atoms with Gasteiger partial charge in [0.15, 0.2) is 0 Å². The molecule has 0 saturated carbocycles. The molecule has 2 rings (SSSR count). The fourth-order valence-corrected chi connectivity index (χ4v) is 1.23. The summed E-state index contributed by atoms with van der Waals surface area (Å²) < 4.78 is 1.87. The Kier molecular flexibility index (Phi) is 2.13. The van der Waals surface area contributed by atoms with Crippen molar-refractivity contribution in [2.75, 3.05) is 0 Å². The van der Waals surface area contributed by atoms with Gasteiger partial charge >= 0.3 is 0 Å². The molecule has 0 aliphatic heterocycles. The molecule has 0 aliphatic carbocycles. The van der Waals surface area contributed by atoms with Crippen LogP contribution in [0.5, 0.6) is 0 Å². The molecular formula is C11H11N2. The Bertz CT molecular complexity index is 359. The molecule has 65 valence electrons. The maximum absolute atomic E-state index is 4.10. The van der Waals surface area contributed by atoms with Crippen molar-refractivity contribution >= 4 is 0 Å². The van der Waals surface area contributed by atoms with Crippen LogP contribution in [0, 0.1) is 13.0 Å². The van der Waals surface area contributed by atoms with Crippen LogP contribution in [0.25, 0.3) is 0 Å². The molecule has 1 aromatic heterocycles. The summed E-state index contributed by atoms with van der Waals surface area (Å²) in [6.07, 6.45) is 3.52. The lowest BCUT2D eigenvalue weighted by molar-refractivity contribution is 0.686. The fraction of sp³-hybridized carbons (Fsp3) is 0.182. The number of aryl methyl sites for hydroxylation is 1. The normalized spacial score (nSPS) is 10.2. The second kappa shape index (κ2) is 3.44. The molecule has 1 radical (unpaired) electrons. The van der Waals surface area contributed by atoms with Gasteiger partial charge in [-0.3, -0.25) is 4.68 Å². The monoisotopic (exact) mass is 171 g/mol. The van der Waals surface area contributed by atoms with Crippen molar-refractivity contribution in [3.8, 4) is 0 Å². The van der Waals surface area contributed by atoms with Crippen LogP contribution in [0.3, 0.4) is 0 Å². The molecule has 0 aliphatic rings. The van der Waals surface area contributed by atoms with E-state index in [0.29, 0.717) is 0 Å². The third kappa shape index (κ3) is 1.96. The molecule has 0 atom stereocenters. The van der Waals surface area contributed by atoms with E-state index in [1.54, 1.807) is 6.20 Å². The number of rotatable bonds is 2. The minimum Gasteiger partial charge on any atom is -0.268 e. The fourth-order valence-electron chi connectivity index (χ4n) is 1.23. The third-order valence-corrected chi connectivity index (χ3v) is 1.97. The summed E-state index contributed by atoms with van der Waals surface area (Å²) in [6, 6.07) is 11.4. The molecule has 0 spiro atoms. The van der Waals surface area contributed by atoms with Crippen LogP contribution in [-0.4, -0.2) is 9.78 Å². The lowest BCUT2D eigenvalue weighted by atomic mass is 10.1. The number of aromatic nitrogens is 2. The van der Waals surface area contributed by atoms with Crippen LogP contribution in [0.4, 0.5) is 0 Å². The van der Waals surface area contributed by atoms with Gasteiger partial charge in [0.25, 0.3) is 0 Å². The van der Waals surface area contributed by atoms with E-state index in [1.165, 1.54) is 11.1 Å². The maximum atomic E-state index is 4.10. The molecule has 0 bridgehead atoms. The summed E-state index contributed by atoms with van der Waals surface area (Å²) in [5.41, 5.74) is 2.55. The molecule has 0 amide bonds. The minimum absolute atomic E-state index is 0.823. The van der Waals surface area contributed by atoms with E-state index in [1.807, 2.05) is 10.9 Å². The largest absolute Gasteiger partial charge is 0.268 e. The molecule has 0 N–H and O–H groups in total. The Morgan fingerprint density at radius 1 is 1.31 bits per heavy atom. The Morgan fingerprint density at radius 2 is 2.08 bits per heavy atom. The Labute approximate surface area is 77.8 Å². The predicted molar refractivity (Wildman–Crippen MR) is 51.3 cm³/mol. The van der Waals surface area contributed by atoms with Crippen LogP contribution in [-0.2, 0) is 6.54 Å². The molecule has 0 fully saturated rings. The summed E-state index contributed by atoms with van der Waals surface area (Å²) >= 11 is 0. The van der Waals surface area contributed by atoms with Gasteiger partial charge in [0.05, 0.1) is 12.7 Å².